The summed E-state index contributed by atoms with van der Waals surface area (Å²) < 4.78 is 0. The summed E-state index contributed by atoms with van der Waals surface area (Å²) in [6.07, 6.45) is 3.73. The van der Waals surface area contributed by atoms with Crippen LogP contribution in [0.1, 0.15) is 12.8 Å². The number of carbonyl (C=O) groups is 1. The van der Waals surface area contributed by atoms with E-state index in [9.17, 15) is 4.79 Å². The predicted molar refractivity (Wildman–Crippen MR) is 65.7 cm³/mol. The van der Waals surface area contributed by atoms with E-state index in [1.165, 1.54) is 0 Å². The van der Waals surface area contributed by atoms with E-state index in [0.717, 1.165) is 36.0 Å². The summed E-state index contributed by atoms with van der Waals surface area (Å²) in [6, 6.07) is 5.68. The third-order valence-corrected chi connectivity index (χ3v) is 3.08. The van der Waals surface area contributed by atoms with E-state index in [2.05, 4.69) is 20.8 Å². The number of carbonyl (C=O) groups excluding carboxylic acids is 1. The molecule has 2 heterocycles. The standard InChI is InChI=1S/C12H14N4O/c17-12(11-2-1-5-13-11)15-9-3-4-10-8(6-9)7-14-16-10/h3-4,6-7,11,13H,1-2,5H2,(H,14,16)(H,15,17). The fourth-order valence-electron chi connectivity index (χ4n) is 2.16. The van der Waals surface area contributed by atoms with Crippen LogP contribution in [0.2, 0.25) is 0 Å². The van der Waals surface area contributed by atoms with Gasteiger partial charge in [-0.3, -0.25) is 9.89 Å². The molecule has 1 aromatic carbocycles. The molecule has 1 unspecified atom stereocenters. The molecule has 0 bridgehead atoms. The molecular formula is C12H14N4O. The number of nitrogens with one attached hydrogen (secondary N) is 3. The van der Waals surface area contributed by atoms with Gasteiger partial charge in [-0.15, -0.1) is 0 Å². The number of benzene rings is 1. The number of rotatable bonds is 2. The monoisotopic (exact) mass is 230 g/mol. The molecule has 3 rings (SSSR count). The van der Waals surface area contributed by atoms with Crippen LogP contribution in [0, 0.1) is 0 Å². The number of nitrogens with zero attached hydrogens (tertiary/aromatic N) is 1. The molecule has 17 heavy (non-hydrogen) atoms. The molecule has 3 N–H and O–H groups in total. The minimum atomic E-state index is -0.0463. The highest BCUT2D eigenvalue weighted by molar-refractivity contribution is 5.96. The first-order valence-electron chi connectivity index (χ1n) is 5.80. The lowest BCUT2D eigenvalue weighted by Gasteiger charge is -2.10. The average molecular weight is 230 g/mol. The number of aromatic amines is 1. The molecule has 1 aromatic heterocycles. The number of aromatic nitrogens is 2. The molecule has 88 valence electrons. The molecule has 1 aliphatic rings. The van der Waals surface area contributed by atoms with Crippen LogP contribution in [0.3, 0.4) is 0 Å². The first kappa shape index (κ1) is 10.3. The zero-order valence-corrected chi connectivity index (χ0v) is 9.36. The van der Waals surface area contributed by atoms with Crippen molar-refractivity contribution in [2.45, 2.75) is 18.9 Å². The highest BCUT2D eigenvalue weighted by atomic mass is 16.2. The van der Waals surface area contributed by atoms with Crippen LogP contribution in [0.15, 0.2) is 24.4 Å². The van der Waals surface area contributed by atoms with Gasteiger partial charge in [0.05, 0.1) is 17.8 Å². The number of hydrogen-bond donors (Lipinski definition) is 3. The second kappa shape index (κ2) is 4.18. The Morgan fingerprint density at radius 1 is 1.47 bits per heavy atom. The lowest BCUT2D eigenvalue weighted by Crippen LogP contribution is -2.35. The van der Waals surface area contributed by atoms with Gasteiger partial charge in [0.2, 0.25) is 5.91 Å². The maximum atomic E-state index is 11.9. The number of hydrogen-bond acceptors (Lipinski definition) is 3. The molecule has 1 atom stereocenters. The third kappa shape index (κ3) is 2.01. The first-order valence-corrected chi connectivity index (χ1v) is 5.80. The van der Waals surface area contributed by atoms with E-state index in [0.29, 0.717) is 0 Å². The van der Waals surface area contributed by atoms with Gasteiger partial charge in [0.1, 0.15) is 0 Å². The summed E-state index contributed by atoms with van der Waals surface area (Å²) in [5, 5.41) is 13.9. The topological polar surface area (TPSA) is 69.8 Å². The molecule has 0 aliphatic carbocycles. The Morgan fingerprint density at radius 3 is 3.24 bits per heavy atom. The number of anilines is 1. The summed E-state index contributed by atoms with van der Waals surface area (Å²) in [6.45, 7) is 0.929. The normalized spacial score (nSPS) is 19.6. The van der Waals surface area contributed by atoms with Crippen LogP contribution >= 0.6 is 0 Å². The van der Waals surface area contributed by atoms with Crippen molar-refractivity contribution < 1.29 is 4.79 Å². The molecule has 0 radical (unpaired) electrons. The molecule has 1 saturated heterocycles. The Hall–Kier alpha value is -1.88. The van der Waals surface area contributed by atoms with Crippen molar-refractivity contribution in [2.24, 2.45) is 0 Å². The van der Waals surface area contributed by atoms with Crippen LogP contribution < -0.4 is 10.6 Å². The van der Waals surface area contributed by atoms with Gasteiger partial charge in [0.15, 0.2) is 0 Å². The molecule has 5 nitrogen and oxygen atoms in total. The van der Waals surface area contributed by atoms with Gasteiger partial charge in [0.25, 0.3) is 0 Å². The summed E-state index contributed by atoms with van der Waals surface area (Å²) >= 11 is 0. The van der Waals surface area contributed by atoms with E-state index in [1.807, 2.05) is 18.2 Å². The predicted octanol–water partition coefficient (Wildman–Crippen LogP) is 1.25. The van der Waals surface area contributed by atoms with Crippen LogP contribution in [0.4, 0.5) is 5.69 Å². The van der Waals surface area contributed by atoms with Crippen LogP contribution in [0.5, 0.6) is 0 Å². The van der Waals surface area contributed by atoms with Crippen molar-refractivity contribution >= 4 is 22.5 Å². The van der Waals surface area contributed by atoms with Gasteiger partial charge in [-0.25, -0.2) is 0 Å². The van der Waals surface area contributed by atoms with Gasteiger partial charge >= 0.3 is 0 Å². The molecular weight excluding hydrogens is 216 g/mol. The van der Waals surface area contributed by atoms with Gasteiger partial charge < -0.3 is 10.6 Å². The maximum Gasteiger partial charge on any atom is 0.241 e. The summed E-state index contributed by atoms with van der Waals surface area (Å²) in [4.78, 5) is 11.9. The lowest BCUT2D eigenvalue weighted by atomic mass is 10.2. The zero-order chi connectivity index (χ0) is 11.7. The highest BCUT2D eigenvalue weighted by Crippen LogP contribution is 2.17. The Balaban J connectivity index is 1.77. The van der Waals surface area contributed by atoms with E-state index >= 15 is 0 Å². The fourth-order valence-corrected chi connectivity index (χ4v) is 2.16. The van der Waals surface area contributed by atoms with E-state index < -0.39 is 0 Å². The zero-order valence-electron chi connectivity index (χ0n) is 9.36. The van der Waals surface area contributed by atoms with Gasteiger partial charge in [-0.1, -0.05) is 0 Å². The molecule has 5 heteroatoms. The molecule has 0 spiro atoms. The minimum absolute atomic E-state index is 0.0463. The Labute approximate surface area is 98.6 Å². The Kier molecular flexibility index (Phi) is 2.53. The van der Waals surface area contributed by atoms with Crippen LogP contribution in [0.25, 0.3) is 10.9 Å². The minimum Gasteiger partial charge on any atom is -0.325 e. The second-order valence-electron chi connectivity index (χ2n) is 4.31. The molecule has 1 fully saturated rings. The fraction of sp³-hybridized carbons (Fsp3) is 0.333. The lowest BCUT2D eigenvalue weighted by molar-refractivity contribution is -0.117. The van der Waals surface area contributed by atoms with E-state index in [4.69, 9.17) is 0 Å². The first-order chi connectivity index (χ1) is 8.33. The number of H-pyrrole nitrogens is 1. The Morgan fingerprint density at radius 2 is 2.41 bits per heavy atom. The summed E-state index contributed by atoms with van der Waals surface area (Å²) in [5.74, 6) is 0.0466. The van der Waals surface area contributed by atoms with Crippen LogP contribution in [-0.4, -0.2) is 28.7 Å². The van der Waals surface area contributed by atoms with Crippen molar-refractivity contribution in [1.29, 1.82) is 0 Å². The number of fused-ring (bicyclic) bond motifs is 1. The summed E-state index contributed by atoms with van der Waals surface area (Å²) in [5.41, 5.74) is 1.79. The van der Waals surface area contributed by atoms with Gasteiger partial charge in [-0.2, -0.15) is 5.10 Å². The van der Waals surface area contributed by atoms with Gasteiger partial charge in [-0.05, 0) is 37.6 Å². The van der Waals surface area contributed by atoms with Crippen molar-refractivity contribution in [2.75, 3.05) is 11.9 Å². The second-order valence-corrected chi connectivity index (χ2v) is 4.31. The third-order valence-electron chi connectivity index (χ3n) is 3.08. The molecule has 2 aromatic rings. The quantitative estimate of drug-likeness (QED) is 0.727. The van der Waals surface area contributed by atoms with Crippen molar-refractivity contribution in [1.82, 2.24) is 15.5 Å². The van der Waals surface area contributed by atoms with Crippen molar-refractivity contribution in [3.8, 4) is 0 Å². The molecule has 1 amide bonds. The summed E-state index contributed by atoms with van der Waals surface area (Å²) in [7, 11) is 0. The van der Waals surface area contributed by atoms with Crippen molar-refractivity contribution in [3.05, 3.63) is 24.4 Å². The van der Waals surface area contributed by atoms with E-state index in [-0.39, 0.29) is 11.9 Å². The molecule has 0 saturated carbocycles. The Bertz CT molecular complexity index is 542. The molecule has 1 aliphatic heterocycles. The maximum absolute atomic E-state index is 11.9. The number of amides is 1. The average Bonchev–Trinajstić information content (AvgIpc) is 2.99. The van der Waals surface area contributed by atoms with E-state index in [1.54, 1.807) is 6.20 Å². The van der Waals surface area contributed by atoms with Crippen molar-refractivity contribution in [3.63, 3.8) is 0 Å². The highest BCUT2D eigenvalue weighted by Gasteiger charge is 2.21. The smallest absolute Gasteiger partial charge is 0.241 e. The van der Waals surface area contributed by atoms with Crippen LogP contribution in [-0.2, 0) is 4.79 Å². The SMILES string of the molecule is O=C(Nc1ccc2[nH]ncc2c1)C1CCCN1. The van der Waals surface area contributed by atoms with Gasteiger partial charge in [0, 0.05) is 11.1 Å². The largest absolute Gasteiger partial charge is 0.325 e.